The normalized spacial score (nSPS) is 12.1. The molecule has 2 rings (SSSR count). The second-order valence-corrected chi connectivity index (χ2v) is 4.05. The molecule has 4 nitrogen and oxygen atoms in total. The maximum atomic E-state index is 13.4. The standard InChI is InChI=1S/C14H13FN2O2/c15-13-4-2-1-3-12(13)14(18)9-17-8-11-6-5-10(7-16)19-11/h1-6,14,17-18H,8-9H2. The minimum Gasteiger partial charge on any atom is -0.449 e. The van der Waals surface area contributed by atoms with Crippen molar-refractivity contribution >= 4 is 0 Å². The predicted octanol–water partition coefficient (Wildman–Crippen LogP) is 2.11. The van der Waals surface area contributed by atoms with E-state index >= 15 is 0 Å². The third-order valence-electron chi connectivity index (χ3n) is 2.67. The molecule has 0 spiro atoms. The molecule has 0 aliphatic rings. The maximum Gasteiger partial charge on any atom is 0.203 e. The van der Waals surface area contributed by atoms with E-state index in [1.54, 1.807) is 30.3 Å². The van der Waals surface area contributed by atoms with Gasteiger partial charge in [-0.05, 0) is 18.2 Å². The lowest BCUT2D eigenvalue weighted by atomic mass is 10.1. The van der Waals surface area contributed by atoms with Gasteiger partial charge < -0.3 is 14.8 Å². The Labute approximate surface area is 110 Å². The molecule has 1 heterocycles. The lowest BCUT2D eigenvalue weighted by molar-refractivity contribution is 0.169. The van der Waals surface area contributed by atoms with Gasteiger partial charge in [0.2, 0.25) is 5.76 Å². The molecule has 0 amide bonds. The first kappa shape index (κ1) is 13.3. The molecule has 0 fully saturated rings. The van der Waals surface area contributed by atoms with E-state index in [2.05, 4.69) is 5.32 Å². The minimum atomic E-state index is -0.924. The van der Waals surface area contributed by atoms with E-state index in [1.807, 2.05) is 6.07 Å². The van der Waals surface area contributed by atoms with Crippen molar-refractivity contribution in [1.82, 2.24) is 5.32 Å². The molecule has 1 aromatic carbocycles. The van der Waals surface area contributed by atoms with Crippen molar-refractivity contribution < 1.29 is 13.9 Å². The van der Waals surface area contributed by atoms with Crippen LogP contribution in [0.1, 0.15) is 23.2 Å². The van der Waals surface area contributed by atoms with E-state index in [9.17, 15) is 9.50 Å². The van der Waals surface area contributed by atoms with Crippen LogP contribution in [-0.4, -0.2) is 11.7 Å². The van der Waals surface area contributed by atoms with Crippen LogP contribution in [0.25, 0.3) is 0 Å². The Hall–Kier alpha value is -2.16. The first-order valence-electron chi connectivity index (χ1n) is 5.82. The largest absolute Gasteiger partial charge is 0.449 e. The average molecular weight is 260 g/mol. The van der Waals surface area contributed by atoms with Crippen molar-refractivity contribution in [3.05, 3.63) is 59.3 Å². The summed E-state index contributed by atoms with van der Waals surface area (Å²) in [5, 5.41) is 21.4. The number of hydrogen-bond acceptors (Lipinski definition) is 4. The van der Waals surface area contributed by atoms with Crippen LogP contribution in [0.4, 0.5) is 4.39 Å². The van der Waals surface area contributed by atoms with Gasteiger partial charge in [0.05, 0.1) is 12.6 Å². The first-order chi connectivity index (χ1) is 9.20. The zero-order chi connectivity index (χ0) is 13.7. The van der Waals surface area contributed by atoms with Gasteiger partial charge in [-0.25, -0.2) is 4.39 Å². The molecule has 0 bridgehead atoms. The van der Waals surface area contributed by atoms with E-state index in [-0.39, 0.29) is 17.9 Å². The number of nitrogens with zero attached hydrogens (tertiary/aromatic N) is 1. The molecule has 1 unspecified atom stereocenters. The summed E-state index contributed by atoms with van der Waals surface area (Å²) in [6, 6.07) is 11.2. The van der Waals surface area contributed by atoms with Crippen LogP contribution in [0.2, 0.25) is 0 Å². The number of halogens is 1. The molecule has 1 atom stereocenters. The van der Waals surface area contributed by atoms with Crippen LogP contribution in [0, 0.1) is 17.1 Å². The van der Waals surface area contributed by atoms with Gasteiger partial charge in [-0.2, -0.15) is 5.26 Å². The third-order valence-corrected chi connectivity index (χ3v) is 2.67. The quantitative estimate of drug-likeness (QED) is 0.864. The smallest absolute Gasteiger partial charge is 0.203 e. The van der Waals surface area contributed by atoms with Gasteiger partial charge in [0.25, 0.3) is 0 Å². The Balaban J connectivity index is 1.86. The summed E-state index contributed by atoms with van der Waals surface area (Å²) in [6.07, 6.45) is -0.924. The molecule has 0 aliphatic carbocycles. The van der Waals surface area contributed by atoms with Crippen molar-refractivity contribution in [2.24, 2.45) is 0 Å². The van der Waals surface area contributed by atoms with Crippen molar-refractivity contribution in [1.29, 1.82) is 5.26 Å². The van der Waals surface area contributed by atoms with Crippen LogP contribution >= 0.6 is 0 Å². The van der Waals surface area contributed by atoms with Crippen LogP contribution in [-0.2, 0) is 6.54 Å². The number of hydrogen-bond donors (Lipinski definition) is 2. The molecule has 98 valence electrons. The summed E-state index contributed by atoms with van der Waals surface area (Å²) in [5.74, 6) is 0.408. The summed E-state index contributed by atoms with van der Waals surface area (Å²) >= 11 is 0. The number of benzene rings is 1. The third kappa shape index (κ3) is 3.41. The van der Waals surface area contributed by atoms with Crippen LogP contribution < -0.4 is 5.32 Å². The van der Waals surface area contributed by atoms with Gasteiger partial charge in [0.1, 0.15) is 17.6 Å². The average Bonchev–Trinajstić information content (AvgIpc) is 2.87. The number of nitriles is 1. The number of furan rings is 1. The molecule has 0 aliphatic heterocycles. The fourth-order valence-corrected chi connectivity index (χ4v) is 1.72. The number of rotatable bonds is 5. The van der Waals surface area contributed by atoms with Crippen molar-refractivity contribution in [2.75, 3.05) is 6.54 Å². The second kappa shape index (κ2) is 6.14. The second-order valence-electron chi connectivity index (χ2n) is 4.05. The highest BCUT2D eigenvalue weighted by atomic mass is 19.1. The fraction of sp³-hybridized carbons (Fsp3) is 0.214. The van der Waals surface area contributed by atoms with E-state index in [0.717, 1.165) is 0 Å². The first-order valence-corrected chi connectivity index (χ1v) is 5.82. The van der Waals surface area contributed by atoms with Gasteiger partial charge in [-0.1, -0.05) is 18.2 Å². The zero-order valence-electron chi connectivity index (χ0n) is 10.1. The van der Waals surface area contributed by atoms with E-state index in [4.69, 9.17) is 9.68 Å². The van der Waals surface area contributed by atoms with E-state index < -0.39 is 11.9 Å². The Bertz CT molecular complexity index is 589. The highest BCUT2D eigenvalue weighted by molar-refractivity contribution is 5.20. The van der Waals surface area contributed by atoms with Crippen LogP contribution in [0.3, 0.4) is 0 Å². The maximum absolute atomic E-state index is 13.4. The topological polar surface area (TPSA) is 69.2 Å². The summed E-state index contributed by atoms with van der Waals surface area (Å²) in [4.78, 5) is 0. The van der Waals surface area contributed by atoms with Crippen molar-refractivity contribution in [2.45, 2.75) is 12.6 Å². The summed E-state index contributed by atoms with van der Waals surface area (Å²) < 4.78 is 18.6. The van der Waals surface area contributed by atoms with Gasteiger partial charge in [-0.15, -0.1) is 0 Å². The molecule has 0 saturated carbocycles. The molecule has 2 N–H and O–H groups in total. The SMILES string of the molecule is N#Cc1ccc(CNCC(O)c2ccccc2F)o1. The van der Waals surface area contributed by atoms with Gasteiger partial charge in [0.15, 0.2) is 0 Å². The summed E-state index contributed by atoms with van der Waals surface area (Å²) in [6.45, 7) is 0.566. The lowest BCUT2D eigenvalue weighted by Gasteiger charge is -2.12. The van der Waals surface area contributed by atoms with E-state index in [0.29, 0.717) is 12.3 Å². The molecule has 0 radical (unpaired) electrons. The van der Waals surface area contributed by atoms with Crippen molar-refractivity contribution in [3.8, 4) is 6.07 Å². The zero-order valence-corrected chi connectivity index (χ0v) is 10.1. The Morgan fingerprint density at radius 1 is 1.32 bits per heavy atom. The molecule has 2 aromatic rings. The number of aliphatic hydroxyl groups excluding tert-OH is 1. The Kier molecular flexibility index (Phi) is 4.29. The molecular formula is C14H13FN2O2. The van der Waals surface area contributed by atoms with E-state index in [1.165, 1.54) is 6.07 Å². The molecular weight excluding hydrogens is 247 g/mol. The molecule has 0 saturated heterocycles. The molecule has 5 heteroatoms. The van der Waals surface area contributed by atoms with Crippen molar-refractivity contribution in [3.63, 3.8) is 0 Å². The van der Waals surface area contributed by atoms with Gasteiger partial charge >= 0.3 is 0 Å². The highest BCUT2D eigenvalue weighted by Crippen LogP contribution is 2.15. The minimum absolute atomic E-state index is 0.198. The lowest BCUT2D eigenvalue weighted by Crippen LogP contribution is -2.21. The van der Waals surface area contributed by atoms with Crippen LogP contribution in [0.5, 0.6) is 0 Å². The van der Waals surface area contributed by atoms with Gasteiger partial charge in [0, 0.05) is 12.1 Å². The Morgan fingerprint density at radius 2 is 2.11 bits per heavy atom. The van der Waals surface area contributed by atoms with Gasteiger partial charge in [-0.3, -0.25) is 0 Å². The molecule has 19 heavy (non-hydrogen) atoms. The summed E-state index contributed by atoms with van der Waals surface area (Å²) in [7, 11) is 0. The highest BCUT2D eigenvalue weighted by Gasteiger charge is 2.11. The number of nitrogens with one attached hydrogen (secondary N) is 1. The Morgan fingerprint density at radius 3 is 2.79 bits per heavy atom. The van der Waals surface area contributed by atoms with Crippen LogP contribution in [0.15, 0.2) is 40.8 Å². The monoisotopic (exact) mass is 260 g/mol. The molecule has 1 aromatic heterocycles. The number of aliphatic hydroxyl groups is 1. The summed E-state index contributed by atoms with van der Waals surface area (Å²) in [5.41, 5.74) is 0.257. The fourth-order valence-electron chi connectivity index (χ4n) is 1.72. The predicted molar refractivity (Wildman–Crippen MR) is 66.5 cm³/mol.